The van der Waals surface area contributed by atoms with Crippen molar-refractivity contribution < 1.29 is 9.90 Å². The first kappa shape index (κ1) is 10.5. The van der Waals surface area contributed by atoms with Crippen LogP contribution in [0.5, 0.6) is 0 Å². The third-order valence-corrected chi connectivity index (χ3v) is 2.60. The Labute approximate surface area is 93.3 Å². The van der Waals surface area contributed by atoms with Crippen molar-refractivity contribution in [1.82, 2.24) is 15.6 Å². The molecule has 1 unspecified atom stereocenters. The Bertz CT molecular complexity index is 411. The Morgan fingerprint density at radius 2 is 2.50 bits per heavy atom. The average Bonchev–Trinajstić information content (AvgIpc) is 2.64. The van der Waals surface area contributed by atoms with Crippen LogP contribution in [-0.4, -0.2) is 35.0 Å². The minimum Gasteiger partial charge on any atom is -0.494 e. The van der Waals surface area contributed by atoms with Crippen molar-refractivity contribution in [2.45, 2.75) is 20.0 Å². The second kappa shape index (κ2) is 3.88. The number of carbonyl (C=O) groups excluding carboxylic acids is 1. The first-order chi connectivity index (χ1) is 7.59. The molecule has 0 radical (unpaired) electrons. The number of nitrogens with one attached hydrogen (secondary N) is 2. The number of hydrogen-bond donors (Lipinski definition) is 3. The minimum atomic E-state index is -0.124. The molecule has 1 amide bonds. The monoisotopic (exact) mass is 222 g/mol. The standard InChI is InChI=1S/C10H14N4O2/c1-6-3-9-13-12-5-14(9)10(16)8(6)4-11-7(2)15/h3,5,9,13,16H,4H2,1-2H3,(H,11,15). The van der Waals surface area contributed by atoms with Crippen LogP contribution in [0.2, 0.25) is 0 Å². The van der Waals surface area contributed by atoms with E-state index < -0.39 is 0 Å². The Balaban J connectivity index is 2.20. The molecule has 2 rings (SSSR count). The maximum atomic E-state index is 10.8. The van der Waals surface area contributed by atoms with Crippen LogP contribution in [0.15, 0.2) is 28.2 Å². The summed E-state index contributed by atoms with van der Waals surface area (Å²) in [6.45, 7) is 3.66. The summed E-state index contributed by atoms with van der Waals surface area (Å²) in [5, 5.41) is 16.5. The van der Waals surface area contributed by atoms with Crippen molar-refractivity contribution in [3.05, 3.63) is 23.1 Å². The predicted octanol–water partition coefficient (Wildman–Crippen LogP) is 0.0266. The fourth-order valence-corrected chi connectivity index (χ4v) is 1.71. The van der Waals surface area contributed by atoms with E-state index in [1.807, 2.05) is 13.0 Å². The molecule has 0 aromatic rings. The van der Waals surface area contributed by atoms with Gasteiger partial charge in [0, 0.05) is 19.0 Å². The molecule has 0 spiro atoms. The molecule has 0 saturated carbocycles. The molecule has 0 aromatic heterocycles. The van der Waals surface area contributed by atoms with Crippen LogP contribution in [0, 0.1) is 0 Å². The van der Waals surface area contributed by atoms with Gasteiger partial charge in [-0.1, -0.05) is 0 Å². The molecule has 86 valence electrons. The van der Waals surface area contributed by atoms with Gasteiger partial charge in [0.05, 0.1) is 0 Å². The number of amides is 1. The van der Waals surface area contributed by atoms with Gasteiger partial charge in [0.1, 0.15) is 12.5 Å². The van der Waals surface area contributed by atoms with Gasteiger partial charge in [-0.15, -0.1) is 0 Å². The Morgan fingerprint density at radius 1 is 1.75 bits per heavy atom. The van der Waals surface area contributed by atoms with Gasteiger partial charge in [0.15, 0.2) is 5.88 Å². The molecule has 0 bridgehead atoms. The molecule has 0 saturated heterocycles. The number of hydrogen-bond acceptors (Lipinski definition) is 5. The quantitative estimate of drug-likeness (QED) is 0.616. The van der Waals surface area contributed by atoms with Gasteiger partial charge in [-0.3, -0.25) is 15.1 Å². The van der Waals surface area contributed by atoms with Gasteiger partial charge in [-0.05, 0) is 18.6 Å². The smallest absolute Gasteiger partial charge is 0.217 e. The normalized spacial score (nSPS) is 22.8. The summed E-state index contributed by atoms with van der Waals surface area (Å²) in [5.41, 5.74) is 4.49. The zero-order valence-electron chi connectivity index (χ0n) is 9.19. The van der Waals surface area contributed by atoms with Gasteiger partial charge in [-0.25, -0.2) is 0 Å². The Morgan fingerprint density at radius 3 is 3.19 bits per heavy atom. The Kier molecular flexibility index (Phi) is 2.55. The topological polar surface area (TPSA) is 77.0 Å². The maximum Gasteiger partial charge on any atom is 0.217 e. The molecule has 6 heteroatoms. The number of aliphatic hydroxyl groups is 1. The highest BCUT2D eigenvalue weighted by molar-refractivity contribution is 5.73. The molecule has 6 nitrogen and oxygen atoms in total. The Hall–Kier alpha value is -1.98. The largest absolute Gasteiger partial charge is 0.494 e. The van der Waals surface area contributed by atoms with E-state index in [1.165, 1.54) is 13.3 Å². The third-order valence-electron chi connectivity index (χ3n) is 2.60. The number of aliphatic hydroxyl groups excluding tert-OH is 1. The fraction of sp³-hybridized carbons (Fsp3) is 0.400. The zero-order chi connectivity index (χ0) is 11.7. The molecule has 2 heterocycles. The highest BCUT2D eigenvalue weighted by Gasteiger charge is 2.28. The average molecular weight is 222 g/mol. The lowest BCUT2D eigenvalue weighted by atomic mass is 10.0. The lowest BCUT2D eigenvalue weighted by Gasteiger charge is -2.28. The van der Waals surface area contributed by atoms with Gasteiger partial charge in [0.2, 0.25) is 5.91 Å². The van der Waals surface area contributed by atoms with Crippen LogP contribution >= 0.6 is 0 Å². The van der Waals surface area contributed by atoms with Gasteiger partial charge in [0.25, 0.3) is 0 Å². The van der Waals surface area contributed by atoms with E-state index in [2.05, 4.69) is 15.8 Å². The van der Waals surface area contributed by atoms with Crippen LogP contribution < -0.4 is 10.7 Å². The zero-order valence-corrected chi connectivity index (χ0v) is 9.19. The highest BCUT2D eigenvalue weighted by Crippen LogP contribution is 2.24. The molecule has 0 aromatic carbocycles. The summed E-state index contributed by atoms with van der Waals surface area (Å²) < 4.78 is 0. The summed E-state index contributed by atoms with van der Waals surface area (Å²) in [7, 11) is 0. The summed E-state index contributed by atoms with van der Waals surface area (Å²) >= 11 is 0. The molecule has 16 heavy (non-hydrogen) atoms. The summed E-state index contributed by atoms with van der Waals surface area (Å²) in [4.78, 5) is 12.5. The number of rotatable bonds is 2. The fourth-order valence-electron chi connectivity index (χ4n) is 1.71. The summed E-state index contributed by atoms with van der Waals surface area (Å²) in [6.07, 6.45) is 3.35. The number of fused-ring (bicyclic) bond motifs is 1. The van der Waals surface area contributed by atoms with E-state index >= 15 is 0 Å². The molecular formula is C10H14N4O2. The lowest BCUT2D eigenvalue weighted by molar-refractivity contribution is -0.118. The predicted molar refractivity (Wildman–Crippen MR) is 59.4 cm³/mol. The van der Waals surface area contributed by atoms with E-state index in [0.29, 0.717) is 12.1 Å². The summed E-state index contributed by atoms with van der Waals surface area (Å²) in [6, 6.07) is 0. The number of carbonyl (C=O) groups is 1. The third kappa shape index (κ3) is 1.73. The van der Waals surface area contributed by atoms with Crippen molar-refractivity contribution in [2.24, 2.45) is 5.10 Å². The second-order valence-electron chi connectivity index (χ2n) is 3.79. The van der Waals surface area contributed by atoms with Crippen molar-refractivity contribution in [1.29, 1.82) is 0 Å². The van der Waals surface area contributed by atoms with Crippen LogP contribution in [0.4, 0.5) is 0 Å². The second-order valence-corrected chi connectivity index (χ2v) is 3.79. The molecule has 0 fully saturated rings. The van der Waals surface area contributed by atoms with Crippen molar-refractivity contribution in [3.63, 3.8) is 0 Å². The first-order valence-electron chi connectivity index (χ1n) is 5.02. The van der Waals surface area contributed by atoms with Crippen LogP contribution in [0.1, 0.15) is 13.8 Å². The van der Waals surface area contributed by atoms with E-state index in [-0.39, 0.29) is 18.0 Å². The number of nitrogens with zero attached hydrogens (tertiary/aromatic N) is 2. The van der Waals surface area contributed by atoms with Gasteiger partial charge in [-0.2, -0.15) is 5.10 Å². The highest BCUT2D eigenvalue weighted by atomic mass is 16.3. The first-order valence-corrected chi connectivity index (χ1v) is 5.02. The van der Waals surface area contributed by atoms with Crippen LogP contribution in [-0.2, 0) is 4.79 Å². The SMILES string of the molecule is CC(=O)NCC1=C(O)N2C=NNC2C=C1C. The van der Waals surface area contributed by atoms with Crippen molar-refractivity contribution >= 4 is 12.2 Å². The molecule has 2 aliphatic heterocycles. The summed E-state index contributed by atoms with van der Waals surface area (Å²) in [5.74, 6) is 0.0101. The van der Waals surface area contributed by atoms with Gasteiger partial charge >= 0.3 is 0 Å². The molecule has 2 aliphatic rings. The van der Waals surface area contributed by atoms with E-state index in [0.717, 1.165) is 5.57 Å². The molecule has 0 aliphatic carbocycles. The molecule has 1 atom stereocenters. The lowest BCUT2D eigenvalue weighted by Crippen LogP contribution is -2.39. The van der Waals surface area contributed by atoms with Crippen LogP contribution in [0.3, 0.4) is 0 Å². The molecule has 3 N–H and O–H groups in total. The van der Waals surface area contributed by atoms with E-state index in [1.54, 1.807) is 4.90 Å². The van der Waals surface area contributed by atoms with Crippen LogP contribution in [0.25, 0.3) is 0 Å². The minimum absolute atomic E-state index is 0.122. The maximum absolute atomic E-state index is 10.8. The van der Waals surface area contributed by atoms with Crippen molar-refractivity contribution in [3.8, 4) is 0 Å². The van der Waals surface area contributed by atoms with E-state index in [4.69, 9.17) is 0 Å². The molecular weight excluding hydrogens is 208 g/mol. The van der Waals surface area contributed by atoms with Gasteiger partial charge < -0.3 is 10.4 Å². The number of hydrazone groups is 1. The van der Waals surface area contributed by atoms with Crippen molar-refractivity contribution in [2.75, 3.05) is 6.54 Å². The van der Waals surface area contributed by atoms with E-state index in [9.17, 15) is 9.90 Å².